The number of amides is 1. The fourth-order valence-corrected chi connectivity index (χ4v) is 3.07. The van der Waals surface area contributed by atoms with Crippen LogP contribution in [0.15, 0.2) is 55.1 Å². The number of nitro groups is 1. The molecular weight excluding hydrogens is 362 g/mol. The quantitative estimate of drug-likeness (QED) is 0.512. The van der Waals surface area contributed by atoms with Gasteiger partial charge in [0.05, 0.1) is 10.5 Å². The molecule has 1 aliphatic heterocycles. The molecular formula is C18H15N7O3. The number of rotatable bonds is 5. The molecule has 1 amide bonds. The van der Waals surface area contributed by atoms with Crippen LogP contribution in [0.5, 0.6) is 0 Å². The Morgan fingerprint density at radius 1 is 1.18 bits per heavy atom. The second-order valence-corrected chi connectivity index (χ2v) is 6.00. The molecule has 1 aliphatic rings. The van der Waals surface area contributed by atoms with Crippen LogP contribution in [0.2, 0.25) is 0 Å². The van der Waals surface area contributed by atoms with Crippen molar-refractivity contribution < 1.29 is 9.72 Å². The topological polar surface area (TPSA) is 126 Å². The average molecular weight is 377 g/mol. The molecule has 1 aromatic carbocycles. The van der Waals surface area contributed by atoms with E-state index in [4.69, 9.17) is 0 Å². The van der Waals surface area contributed by atoms with Gasteiger partial charge in [0.15, 0.2) is 0 Å². The number of hydrogen-bond donors (Lipinski definition) is 2. The second kappa shape index (κ2) is 7.27. The fraction of sp³-hybridized carbons (Fsp3) is 0.111. The highest BCUT2D eigenvalue weighted by Crippen LogP contribution is 2.39. The van der Waals surface area contributed by atoms with Gasteiger partial charge in [-0.05, 0) is 30.2 Å². The molecule has 10 heteroatoms. The van der Waals surface area contributed by atoms with E-state index >= 15 is 0 Å². The van der Waals surface area contributed by atoms with Crippen molar-refractivity contribution in [2.45, 2.75) is 6.42 Å². The van der Waals surface area contributed by atoms with Crippen molar-refractivity contribution in [2.75, 3.05) is 16.9 Å². The van der Waals surface area contributed by atoms with E-state index in [2.05, 4.69) is 25.8 Å². The lowest BCUT2D eigenvalue weighted by Gasteiger charge is -2.19. The number of fused-ring (bicyclic) bond motifs is 1. The van der Waals surface area contributed by atoms with E-state index in [-0.39, 0.29) is 17.3 Å². The number of nitrogens with zero attached hydrogens (tertiary/aromatic N) is 5. The summed E-state index contributed by atoms with van der Waals surface area (Å²) < 4.78 is 0. The highest BCUT2D eigenvalue weighted by Gasteiger charge is 2.31. The predicted molar refractivity (Wildman–Crippen MR) is 101 cm³/mol. The van der Waals surface area contributed by atoms with Gasteiger partial charge < -0.3 is 4.90 Å². The lowest BCUT2D eigenvalue weighted by atomic mass is 10.2. The number of carbonyl (C=O) groups is 1. The molecule has 0 atom stereocenters. The van der Waals surface area contributed by atoms with Crippen molar-refractivity contribution >= 4 is 28.9 Å². The van der Waals surface area contributed by atoms with E-state index in [0.29, 0.717) is 12.1 Å². The Bertz CT molecular complexity index is 1040. The summed E-state index contributed by atoms with van der Waals surface area (Å²) >= 11 is 0. The molecule has 3 heterocycles. The summed E-state index contributed by atoms with van der Waals surface area (Å²) in [7, 11) is 0. The zero-order valence-electron chi connectivity index (χ0n) is 14.6. The first-order chi connectivity index (χ1) is 13.6. The van der Waals surface area contributed by atoms with Crippen LogP contribution < -0.4 is 15.8 Å². The van der Waals surface area contributed by atoms with Crippen LogP contribution in [0.1, 0.15) is 15.9 Å². The number of pyridine rings is 1. The minimum Gasteiger partial charge on any atom is -0.320 e. The zero-order chi connectivity index (χ0) is 19.5. The molecule has 3 aromatic rings. The van der Waals surface area contributed by atoms with Crippen molar-refractivity contribution in [3.05, 3.63) is 76.4 Å². The maximum absolute atomic E-state index is 12.2. The molecule has 4 rings (SSSR count). The molecule has 2 N–H and O–H groups in total. The molecule has 0 saturated heterocycles. The van der Waals surface area contributed by atoms with Crippen LogP contribution in [0.4, 0.5) is 23.0 Å². The smallest absolute Gasteiger partial charge is 0.320 e. The van der Waals surface area contributed by atoms with E-state index in [1.807, 2.05) is 24.3 Å². The Balaban J connectivity index is 1.64. The van der Waals surface area contributed by atoms with Gasteiger partial charge in [-0.3, -0.25) is 30.7 Å². The van der Waals surface area contributed by atoms with Gasteiger partial charge in [-0.25, -0.2) is 9.97 Å². The van der Waals surface area contributed by atoms with Crippen molar-refractivity contribution in [1.82, 2.24) is 20.4 Å². The van der Waals surface area contributed by atoms with Crippen molar-refractivity contribution in [3.63, 3.8) is 0 Å². The highest BCUT2D eigenvalue weighted by molar-refractivity contribution is 5.94. The number of anilines is 3. The van der Waals surface area contributed by atoms with Crippen LogP contribution in [-0.4, -0.2) is 32.3 Å². The number of carbonyl (C=O) groups excluding carboxylic acids is 1. The van der Waals surface area contributed by atoms with Gasteiger partial charge in [-0.2, -0.15) is 0 Å². The first kappa shape index (κ1) is 17.3. The molecule has 10 nitrogen and oxygen atoms in total. The molecule has 0 bridgehead atoms. The number of aromatic nitrogens is 3. The second-order valence-electron chi connectivity index (χ2n) is 6.00. The summed E-state index contributed by atoms with van der Waals surface area (Å²) in [5.74, 6) is -0.422. The molecule has 0 fully saturated rings. The van der Waals surface area contributed by atoms with E-state index in [0.717, 1.165) is 17.7 Å². The minimum atomic E-state index is -0.561. The first-order valence-electron chi connectivity index (χ1n) is 8.46. The molecule has 28 heavy (non-hydrogen) atoms. The molecule has 0 spiro atoms. The van der Waals surface area contributed by atoms with Gasteiger partial charge in [0, 0.05) is 24.6 Å². The summed E-state index contributed by atoms with van der Waals surface area (Å²) in [4.78, 5) is 37.1. The molecule has 0 radical (unpaired) electrons. The molecule has 0 aliphatic carbocycles. The third-order valence-electron chi connectivity index (χ3n) is 4.35. The maximum atomic E-state index is 12.2. The van der Waals surface area contributed by atoms with Crippen LogP contribution in [0, 0.1) is 10.1 Å². The standard InChI is InChI=1S/C18H15N7O3/c26-18(13-5-3-8-19-10-13)23-22-16-15(25(27)28)17(21-11-20-16)24-9-7-12-4-1-2-6-14(12)24/h1-6,8,10-11H,7,9H2,(H,23,26)(H,20,21,22). The third kappa shape index (κ3) is 3.18. The molecule has 0 unspecified atom stereocenters. The largest absolute Gasteiger partial charge is 0.355 e. The van der Waals surface area contributed by atoms with Crippen LogP contribution in [0.3, 0.4) is 0 Å². The van der Waals surface area contributed by atoms with Gasteiger partial charge in [0.25, 0.3) is 5.91 Å². The molecule has 2 aromatic heterocycles. The first-order valence-corrected chi connectivity index (χ1v) is 8.46. The third-order valence-corrected chi connectivity index (χ3v) is 4.35. The fourth-order valence-electron chi connectivity index (χ4n) is 3.07. The highest BCUT2D eigenvalue weighted by atomic mass is 16.6. The Kier molecular flexibility index (Phi) is 4.50. The monoisotopic (exact) mass is 377 g/mol. The van der Waals surface area contributed by atoms with Gasteiger partial charge in [-0.1, -0.05) is 18.2 Å². The van der Waals surface area contributed by atoms with Gasteiger partial charge in [0.1, 0.15) is 6.33 Å². The predicted octanol–water partition coefficient (Wildman–Crippen LogP) is 2.23. The SMILES string of the molecule is O=C(NNc1ncnc(N2CCc3ccccc32)c1[N+](=O)[O-])c1cccnc1. The van der Waals surface area contributed by atoms with Crippen LogP contribution in [-0.2, 0) is 6.42 Å². The van der Waals surface area contributed by atoms with Gasteiger partial charge >= 0.3 is 5.69 Å². The molecule has 0 saturated carbocycles. The Hall–Kier alpha value is -4.08. The Labute approximate surface area is 159 Å². The Morgan fingerprint density at radius 2 is 2.04 bits per heavy atom. The van der Waals surface area contributed by atoms with Crippen molar-refractivity contribution in [1.29, 1.82) is 0 Å². The number of hydrogen-bond acceptors (Lipinski definition) is 8. The zero-order valence-corrected chi connectivity index (χ0v) is 14.6. The number of benzene rings is 1. The summed E-state index contributed by atoms with van der Waals surface area (Å²) in [5, 5.41) is 11.8. The van der Waals surface area contributed by atoms with E-state index < -0.39 is 10.8 Å². The normalized spacial score (nSPS) is 12.4. The lowest BCUT2D eigenvalue weighted by molar-refractivity contribution is -0.383. The molecule has 140 valence electrons. The summed E-state index contributed by atoms with van der Waals surface area (Å²) in [6.07, 6.45) is 4.91. The van der Waals surface area contributed by atoms with Gasteiger partial charge in [-0.15, -0.1) is 0 Å². The minimum absolute atomic E-state index is 0.100. The van der Waals surface area contributed by atoms with E-state index in [9.17, 15) is 14.9 Å². The lowest BCUT2D eigenvalue weighted by Crippen LogP contribution is -2.30. The van der Waals surface area contributed by atoms with Crippen molar-refractivity contribution in [2.24, 2.45) is 0 Å². The van der Waals surface area contributed by atoms with E-state index in [1.54, 1.807) is 23.2 Å². The summed E-state index contributed by atoms with van der Waals surface area (Å²) in [6.45, 7) is 0.568. The summed E-state index contributed by atoms with van der Waals surface area (Å²) in [5.41, 5.74) is 6.89. The average Bonchev–Trinajstić information content (AvgIpc) is 3.16. The van der Waals surface area contributed by atoms with E-state index in [1.165, 1.54) is 12.5 Å². The number of nitrogens with one attached hydrogen (secondary N) is 2. The van der Waals surface area contributed by atoms with Crippen LogP contribution in [0.25, 0.3) is 0 Å². The summed E-state index contributed by atoms with van der Waals surface area (Å²) in [6, 6.07) is 10.9. The number of hydrazine groups is 1. The Morgan fingerprint density at radius 3 is 2.82 bits per heavy atom. The van der Waals surface area contributed by atoms with Gasteiger partial charge in [0.2, 0.25) is 11.6 Å². The number of para-hydroxylation sites is 1. The van der Waals surface area contributed by atoms with Crippen molar-refractivity contribution in [3.8, 4) is 0 Å². The maximum Gasteiger partial charge on any atom is 0.355 e. The van der Waals surface area contributed by atoms with Crippen LogP contribution >= 0.6 is 0 Å².